The minimum atomic E-state index is -3.17. The van der Waals surface area contributed by atoms with Crippen LogP contribution in [0, 0.1) is 5.92 Å². The quantitative estimate of drug-likeness (QED) is 0.717. The van der Waals surface area contributed by atoms with Gasteiger partial charge in [0.1, 0.15) is 11.5 Å². The first-order valence-corrected chi connectivity index (χ1v) is 11.1. The van der Waals surface area contributed by atoms with E-state index in [4.69, 9.17) is 9.47 Å². The molecule has 2 aromatic rings. The van der Waals surface area contributed by atoms with Crippen LogP contribution < -0.4 is 14.8 Å². The Morgan fingerprint density at radius 3 is 2.14 bits per heavy atom. The fraction of sp³-hybridized carbons (Fsp3) is 0.318. The number of carbonyl (C=O) groups excluding carboxylic acids is 1. The summed E-state index contributed by atoms with van der Waals surface area (Å²) in [5.74, 6) is 1.05. The zero-order chi connectivity index (χ0) is 20.9. The lowest BCUT2D eigenvalue weighted by molar-refractivity contribution is -0.122. The van der Waals surface area contributed by atoms with Gasteiger partial charge in [0.15, 0.2) is 9.84 Å². The average Bonchev–Trinajstić information content (AvgIpc) is 3.06. The molecule has 0 aliphatic carbocycles. The molecule has 1 heterocycles. The molecular weight excluding hydrogens is 390 g/mol. The van der Waals surface area contributed by atoms with E-state index in [0.29, 0.717) is 6.42 Å². The molecule has 29 heavy (non-hydrogen) atoms. The maximum atomic E-state index is 12.6. The van der Waals surface area contributed by atoms with Crippen molar-refractivity contribution in [1.82, 2.24) is 5.32 Å². The molecule has 0 saturated carbocycles. The number of sulfone groups is 1. The summed E-state index contributed by atoms with van der Waals surface area (Å²) in [6.45, 7) is 0. The normalized spacial score (nSPS) is 18.2. The van der Waals surface area contributed by atoms with Gasteiger partial charge in [-0.1, -0.05) is 30.3 Å². The minimum absolute atomic E-state index is 0.00783. The Hall–Kier alpha value is -2.80. The van der Waals surface area contributed by atoms with Crippen LogP contribution in [0.3, 0.4) is 0 Å². The molecular formula is C22H25NO5S. The largest absolute Gasteiger partial charge is 0.497 e. The monoisotopic (exact) mass is 415 g/mol. The number of amides is 1. The molecule has 2 unspecified atom stereocenters. The summed E-state index contributed by atoms with van der Waals surface area (Å²) in [6.07, 6.45) is 2.34. The Balaban J connectivity index is 1.74. The third kappa shape index (κ3) is 5.84. The van der Waals surface area contributed by atoms with Gasteiger partial charge in [0.2, 0.25) is 5.91 Å². The van der Waals surface area contributed by atoms with Gasteiger partial charge in [-0.2, -0.15) is 0 Å². The van der Waals surface area contributed by atoms with Crippen LogP contribution in [-0.2, 0) is 21.1 Å². The second-order valence-electron chi connectivity index (χ2n) is 7.07. The topological polar surface area (TPSA) is 81.7 Å². The molecule has 0 fully saturated rings. The van der Waals surface area contributed by atoms with Gasteiger partial charge >= 0.3 is 0 Å². The molecule has 0 saturated heterocycles. The molecule has 2 aromatic carbocycles. The van der Waals surface area contributed by atoms with E-state index in [1.807, 2.05) is 48.5 Å². The van der Waals surface area contributed by atoms with E-state index in [-0.39, 0.29) is 30.0 Å². The number of benzene rings is 2. The lowest BCUT2D eigenvalue weighted by atomic mass is 9.98. The number of hydrogen-bond acceptors (Lipinski definition) is 5. The summed E-state index contributed by atoms with van der Waals surface area (Å²) < 4.78 is 33.6. The van der Waals surface area contributed by atoms with E-state index in [2.05, 4.69) is 5.32 Å². The summed E-state index contributed by atoms with van der Waals surface area (Å²) in [7, 11) is 0.0531. The summed E-state index contributed by atoms with van der Waals surface area (Å²) in [4.78, 5) is 12.6. The van der Waals surface area contributed by atoms with E-state index in [9.17, 15) is 13.2 Å². The van der Waals surface area contributed by atoms with Crippen molar-refractivity contribution in [2.24, 2.45) is 5.92 Å². The van der Waals surface area contributed by atoms with Gasteiger partial charge in [0.25, 0.3) is 0 Å². The molecule has 6 nitrogen and oxygen atoms in total. The SMILES string of the molecule is COc1ccc(CC(NC(=O)CC2C=CS(=O)(=O)C2)c2ccc(OC)cc2)cc1. The van der Waals surface area contributed by atoms with Gasteiger partial charge in [0, 0.05) is 17.7 Å². The first kappa shape index (κ1) is 20.9. The van der Waals surface area contributed by atoms with Crippen LogP contribution in [0.25, 0.3) is 0 Å². The van der Waals surface area contributed by atoms with E-state index in [1.165, 1.54) is 5.41 Å². The van der Waals surface area contributed by atoms with Gasteiger partial charge < -0.3 is 14.8 Å². The molecule has 0 bridgehead atoms. The molecule has 3 rings (SSSR count). The third-order valence-corrected chi connectivity index (χ3v) is 6.37. The number of carbonyl (C=O) groups is 1. The van der Waals surface area contributed by atoms with Crippen molar-refractivity contribution < 1.29 is 22.7 Å². The van der Waals surface area contributed by atoms with Crippen LogP contribution in [0.5, 0.6) is 11.5 Å². The van der Waals surface area contributed by atoms with Gasteiger partial charge in [-0.25, -0.2) is 8.42 Å². The summed E-state index contributed by atoms with van der Waals surface area (Å²) in [6, 6.07) is 15.0. The van der Waals surface area contributed by atoms with Crippen molar-refractivity contribution in [1.29, 1.82) is 0 Å². The van der Waals surface area contributed by atoms with Gasteiger partial charge in [-0.15, -0.1) is 0 Å². The van der Waals surface area contributed by atoms with Crippen LogP contribution >= 0.6 is 0 Å². The molecule has 1 amide bonds. The van der Waals surface area contributed by atoms with E-state index < -0.39 is 9.84 Å². The zero-order valence-electron chi connectivity index (χ0n) is 16.5. The lowest BCUT2D eigenvalue weighted by Gasteiger charge is -2.21. The molecule has 1 N–H and O–H groups in total. The average molecular weight is 416 g/mol. The number of methoxy groups -OCH3 is 2. The summed E-state index contributed by atoms with van der Waals surface area (Å²) >= 11 is 0. The van der Waals surface area contributed by atoms with E-state index in [0.717, 1.165) is 22.6 Å². The summed E-state index contributed by atoms with van der Waals surface area (Å²) in [5.41, 5.74) is 2.00. The van der Waals surface area contributed by atoms with Gasteiger partial charge in [0.05, 0.1) is 26.0 Å². The molecule has 1 aliphatic heterocycles. The van der Waals surface area contributed by atoms with Crippen LogP contribution in [0.1, 0.15) is 23.6 Å². The Bertz CT molecular complexity index is 965. The Kier molecular flexibility index (Phi) is 6.59. The van der Waals surface area contributed by atoms with Gasteiger partial charge in [-0.05, 0) is 41.8 Å². The van der Waals surface area contributed by atoms with Crippen LogP contribution in [0.2, 0.25) is 0 Å². The van der Waals surface area contributed by atoms with Crippen molar-refractivity contribution in [2.75, 3.05) is 20.0 Å². The fourth-order valence-electron chi connectivity index (χ4n) is 3.34. The molecule has 0 aromatic heterocycles. The van der Waals surface area contributed by atoms with Crippen LogP contribution in [0.15, 0.2) is 60.0 Å². The van der Waals surface area contributed by atoms with E-state index >= 15 is 0 Å². The highest BCUT2D eigenvalue weighted by Gasteiger charge is 2.25. The third-order valence-electron chi connectivity index (χ3n) is 4.90. The predicted molar refractivity (Wildman–Crippen MR) is 112 cm³/mol. The molecule has 154 valence electrons. The van der Waals surface area contributed by atoms with Crippen molar-refractivity contribution in [2.45, 2.75) is 18.9 Å². The zero-order valence-corrected chi connectivity index (χ0v) is 17.3. The molecule has 0 spiro atoms. The molecule has 0 radical (unpaired) electrons. The summed E-state index contributed by atoms with van der Waals surface area (Å²) in [5, 5.41) is 4.26. The van der Waals surface area contributed by atoms with Crippen molar-refractivity contribution in [3.63, 3.8) is 0 Å². The maximum Gasteiger partial charge on any atom is 0.221 e. The van der Waals surface area contributed by atoms with E-state index in [1.54, 1.807) is 20.3 Å². The minimum Gasteiger partial charge on any atom is -0.497 e. The molecule has 7 heteroatoms. The van der Waals surface area contributed by atoms with Gasteiger partial charge in [-0.3, -0.25) is 4.79 Å². The number of allylic oxidation sites excluding steroid dienone is 1. The lowest BCUT2D eigenvalue weighted by Crippen LogP contribution is -2.31. The first-order chi connectivity index (χ1) is 13.9. The number of ether oxygens (including phenoxy) is 2. The predicted octanol–water partition coefficient (Wildman–Crippen LogP) is 3.05. The smallest absolute Gasteiger partial charge is 0.221 e. The number of rotatable bonds is 8. The number of hydrogen-bond donors (Lipinski definition) is 1. The van der Waals surface area contributed by atoms with Crippen molar-refractivity contribution in [3.05, 3.63) is 71.1 Å². The highest BCUT2D eigenvalue weighted by atomic mass is 32.2. The fourth-order valence-corrected chi connectivity index (χ4v) is 4.74. The van der Waals surface area contributed by atoms with Crippen LogP contribution in [-0.4, -0.2) is 34.3 Å². The van der Waals surface area contributed by atoms with Crippen molar-refractivity contribution in [3.8, 4) is 11.5 Å². The van der Waals surface area contributed by atoms with Crippen LogP contribution in [0.4, 0.5) is 0 Å². The Morgan fingerprint density at radius 1 is 1.03 bits per heavy atom. The first-order valence-electron chi connectivity index (χ1n) is 9.36. The second-order valence-corrected chi connectivity index (χ2v) is 9.00. The Morgan fingerprint density at radius 2 is 1.62 bits per heavy atom. The maximum absolute atomic E-state index is 12.6. The Labute approximate surface area is 171 Å². The second kappa shape index (κ2) is 9.13. The molecule has 1 aliphatic rings. The highest BCUT2D eigenvalue weighted by Crippen LogP contribution is 2.24. The van der Waals surface area contributed by atoms with Crippen molar-refractivity contribution >= 4 is 15.7 Å². The highest BCUT2D eigenvalue weighted by molar-refractivity contribution is 7.94. The molecule has 2 atom stereocenters. The standard InChI is InChI=1S/C22H25NO5S/c1-27-19-7-3-16(4-8-19)13-21(18-5-9-20(28-2)10-6-18)23-22(24)14-17-11-12-29(25,26)15-17/h3-12,17,21H,13-15H2,1-2H3,(H,23,24). The number of nitrogens with one attached hydrogen (secondary N) is 1.